The molecule has 0 saturated heterocycles. The molecule has 0 aliphatic heterocycles. The Bertz CT molecular complexity index is 278. The number of hydrogen-bond donors (Lipinski definition) is 2. The van der Waals surface area contributed by atoms with Gasteiger partial charge in [0.05, 0.1) is 11.6 Å². The normalized spacial score (nSPS) is 12.0. The lowest BCUT2D eigenvalue weighted by Crippen LogP contribution is -2.16. The van der Waals surface area contributed by atoms with Crippen LogP contribution < -0.4 is 5.32 Å². The molecule has 80 valence electrons. The largest absolute Gasteiger partial charge is 0.395 e. The molecule has 1 aromatic heterocycles. The average molecular weight is 214 g/mol. The Kier molecular flexibility index (Phi) is 4.04. The van der Waals surface area contributed by atoms with Crippen molar-refractivity contribution in [2.24, 2.45) is 0 Å². The molecule has 4 heteroatoms. The van der Waals surface area contributed by atoms with Gasteiger partial charge in [-0.1, -0.05) is 20.8 Å². The standard InChI is InChI=1S/C10H18N2OS/c1-10(2,3)9-12-7-8(14-9)6-11-4-5-13/h7,11,13H,4-6H2,1-3H3. The van der Waals surface area contributed by atoms with Crippen molar-refractivity contribution in [2.75, 3.05) is 13.2 Å². The van der Waals surface area contributed by atoms with E-state index in [4.69, 9.17) is 5.11 Å². The van der Waals surface area contributed by atoms with Crippen LogP contribution in [0.5, 0.6) is 0 Å². The fourth-order valence-electron chi connectivity index (χ4n) is 1.03. The van der Waals surface area contributed by atoms with Gasteiger partial charge in [-0.25, -0.2) is 4.98 Å². The average Bonchev–Trinajstić information content (AvgIpc) is 2.52. The summed E-state index contributed by atoms with van der Waals surface area (Å²) in [5, 5.41) is 12.9. The highest BCUT2D eigenvalue weighted by Crippen LogP contribution is 2.26. The highest BCUT2D eigenvalue weighted by atomic mass is 32.1. The van der Waals surface area contributed by atoms with Gasteiger partial charge in [-0.2, -0.15) is 0 Å². The molecule has 0 atom stereocenters. The highest BCUT2D eigenvalue weighted by molar-refractivity contribution is 7.11. The van der Waals surface area contributed by atoms with Gasteiger partial charge in [-0.15, -0.1) is 11.3 Å². The Morgan fingerprint density at radius 2 is 2.21 bits per heavy atom. The molecule has 2 N–H and O–H groups in total. The van der Waals surface area contributed by atoms with Crippen LogP contribution in [0.4, 0.5) is 0 Å². The van der Waals surface area contributed by atoms with E-state index in [1.165, 1.54) is 9.88 Å². The van der Waals surface area contributed by atoms with E-state index in [0.717, 1.165) is 6.54 Å². The van der Waals surface area contributed by atoms with E-state index in [0.29, 0.717) is 6.54 Å². The van der Waals surface area contributed by atoms with Gasteiger partial charge in [0.2, 0.25) is 0 Å². The second-order valence-corrected chi connectivity index (χ2v) is 5.40. The highest BCUT2D eigenvalue weighted by Gasteiger charge is 2.17. The van der Waals surface area contributed by atoms with Gasteiger partial charge in [-0.05, 0) is 0 Å². The van der Waals surface area contributed by atoms with E-state index in [9.17, 15) is 0 Å². The van der Waals surface area contributed by atoms with Crippen molar-refractivity contribution in [3.05, 3.63) is 16.1 Å². The Labute approximate surface area is 89.2 Å². The van der Waals surface area contributed by atoms with E-state index < -0.39 is 0 Å². The lowest BCUT2D eigenvalue weighted by molar-refractivity contribution is 0.292. The number of thiazole rings is 1. The minimum Gasteiger partial charge on any atom is -0.395 e. The van der Waals surface area contributed by atoms with Gasteiger partial charge < -0.3 is 10.4 Å². The molecular formula is C10H18N2OS. The first-order valence-electron chi connectivity index (χ1n) is 4.81. The molecule has 0 saturated carbocycles. The van der Waals surface area contributed by atoms with E-state index in [2.05, 4.69) is 31.1 Å². The van der Waals surface area contributed by atoms with Gasteiger partial charge in [0.15, 0.2) is 0 Å². The van der Waals surface area contributed by atoms with Crippen LogP contribution >= 0.6 is 11.3 Å². The zero-order valence-electron chi connectivity index (χ0n) is 9.00. The first-order valence-corrected chi connectivity index (χ1v) is 5.62. The number of aliphatic hydroxyl groups is 1. The van der Waals surface area contributed by atoms with Crippen molar-refractivity contribution < 1.29 is 5.11 Å². The van der Waals surface area contributed by atoms with Crippen LogP contribution in [0.3, 0.4) is 0 Å². The molecule has 0 aliphatic rings. The number of aromatic nitrogens is 1. The van der Waals surface area contributed by atoms with Crippen LogP contribution in [0.2, 0.25) is 0 Å². The minimum absolute atomic E-state index is 0.139. The predicted molar refractivity (Wildman–Crippen MR) is 59.6 cm³/mol. The lowest BCUT2D eigenvalue weighted by Gasteiger charge is -2.13. The summed E-state index contributed by atoms with van der Waals surface area (Å²) in [6, 6.07) is 0. The molecule has 0 bridgehead atoms. The van der Waals surface area contributed by atoms with Crippen LogP contribution in [0.15, 0.2) is 6.20 Å². The fourth-order valence-corrected chi connectivity index (χ4v) is 1.97. The SMILES string of the molecule is CC(C)(C)c1ncc(CNCCO)s1. The maximum absolute atomic E-state index is 8.60. The van der Waals surface area contributed by atoms with Crippen molar-refractivity contribution in [1.82, 2.24) is 10.3 Å². The molecule has 0 aliphatic carbocycles. The van der Waals surface area contributed by atoms with Crippen LogP contribution in [-0.4, -0.2) is 23.2 Å². The molecule has 1 aromatic rings. The van der Waals surface area contributed by atoms with E-state index in [1.54, 1.807) is 11.3 Å². The summed E-state index contributed by atoms with van der Waals surface area (Å²) < 4.78 is 0. The summed E-state index contributed by atoms with van der Waals surface area (Å²) in [7, 11) is 0. The maximum atomic E-state index is 8.60. The summed E-state index contributed by atoms with van der Waals surface area (Å²) in [4.78, 5) is 5.61. The van der Waals surface area contributed by atoms with Crippen LogP contribution in [-0.2, 0) is 12.0 Å². The molecule has 0 radical (unpaired) electrons. The zero-order chi connectivity index (χ0) is 10.6. The second-order valence-electron chi connectivity index (χ2n) is 4.28. The van der Waals surface area contributed by atoms with Gasteiger partial charge in [-0.3, -0.25) is 0 Å². The summed E-state index contributed by atoms with van der Waals surface area (Å²) in [6.07, 6.45) is 1.91. The first kappa shape index (κ1) is 11.6. The second kappa shape index (κ2) is 4.87. The summed E-state index contributed by atoms with van der Waals surface area (Å²) in [5.41, 5.74) is 0.139. The first-order chi connectivity index (χ1) is 6.54. The van der Waals surface area contributed by atoms with Crippen molar-refractivity contribution in [3.63, 3.8) is 0 Å². The van der Waals surface area contributed by atoms with Gasteiger partial charge in [0.25, 0.3) is 0 Å². The molecule has 0 amide bonds. The molecule has 0 fully saturated rings. The molecule has 1 rings (SSSR count). The van der Waals surface area contributed by atoms with E-state index >= 15 is 0 Å². The number of nitrogens with zero attached hydrogens (tertiary/aromatic N) is 1. The smallest absolute Gasteiger partial charge is 0.0981 e. The third kappa shape index (κ3) is 3.36. The van der Waals surface area contributed by atoms with Gasteiger partial charge >= 0.3 is 0 Å². The van der Waals surface area contributed by atoms with Gasteiger partial charge in [0.1, 0.15) is 0 Å². The number of aliphatic hydroxyl groups excluding tert-OH is 1. The monoisotopic (exact) mass is 214 g/mol. The van der Waals surface area contributed by atoms with Gasteiger partial charge in [0, 0.05) is 29.6 Å². The third-order valence-electron chi connectivity index (χ3n) is 1.78. The Balaban J connectivity index is 2.51. The third-order valence-corrected chi connectivity index (χ3v) is 3.21. The van der Waals surface area contributed by atoms with Crippen molar-refractivity contribution >= 4 is 11.3 Å². The molecule has 14 heavy (non-hydrogen) atoms. The summed E-state index contributed by atoms with van der Waals surface area (Å²) in [5.74, 6) is 0. The van der Waals surface area contributed by atoms with Crippen molar-refractivity contribution in [1.29, 1.82) is 0 Å². The molecule has 3 nitrogen and oxygen atoms in total. The number of rotatable bonds is 4. The van der Waals surface area contributed by atoms with Crippen molar-refractivity contribution in [3.8, 4) is 0 Å². The maximum Gasteiger partial charge on any atom is 0.0981 e. The van der Waals surface area contributed by atoms with Crippen LogP contribution in [0.25, 0.3) is 0 Å². The van der Waals surface area contributed by atoms with Crippen LogP contribution in [0, 0.1) is 0 Å². The minimum atomic E-state index is 0.139. The van der Waals surface area contributed by atoms with Crippen molar-refractivity contribution in [2.45, 2.75) is 32.7 Å². The van der Waals surface area contributed by atoms with E-state index in [-0.39, 0.29) is 12.0 Å². The van der Waals surface area contributed by atoms with E-state index in [1.807, 2.05) is 6.20 Å². The Morgan fingerprint density at radius 3 is 2.71 bits per heavy atom. The molecule has 0 unspecified atom stereocenters. The quantitative estimate of drug-likeness (QED) is 0.747. The molecule has 0 aromatic carbocycles. The Hall–Kier alpha value is -0.450. The fraction of sp³-hybridized carbons (Fsp3) is 0.700. The topological polar surface area (TPSA) is 45.2 Å². The van der Waals surface area contributed by atoms with Crippen LogP contribution in [0.1, 0.15) is 30.7 Å². The zero-order valence-corrected chi connectivity index (χ0v) is 9.82. The molecular weight excluding hydrogens is 196 g/mol. The summed E-state index contributed by atoms with van der Waals surface area (Å²) in [6.45, 7) is 8.12. The predicted octanol–water partition coefficient (Wildman–Crippen LogP) is 1.52. The Morgan fingerprint density at radius 1 is 1.50 bits per heavy atom. The molecule has 1 heterocycles. The molecule has 0 spiro atoms. The number of hydrogen-bond acceptors (Lipinski definition) is 4. The summed E-state index contributed by atoms with van der Waals surface area (Å²) >= 11 is 1.74. The number of nitrogens with one attached hydrogen (secondary N) is 1. The lowest BCUT2D eigenvalue weighted by atomic mass is 9.98.